The van der Waals surface area contributed by atoms with E-state index in [2.05, 4.69) is 0 Å². The van der Waals surface area contributed by atoms with Crippen LogP contribution in [0.3, 0.4) is 0 Å². The molecular weight excluding hydrogens is 404 g/mol. The molecule has 158 valence electrons. The number of esters is 1. The smallest absolute Gasteiger partial charge is 0.340 e. The molecule has 0 aliphatic carbocycles. The van der Waals surface area contributed by atoms with Gasteiger partial charge in [-0.15, -0.1) is 0 Å². The van der Waals surface area contributed by atoms with Crippen LogP contribution in [-0.2, 0) is 29.1 Å². The third kappa shape index (κ3) is 2.53. The Morgan fingerprint density at radius 2 is 1.90 bits per heavy atom. The molecular formula is C22H18N2O7. The monoisotopic (exact) mass is 422 g/mol. The number of aryl methyl sites for hydroxylation is 1. The van der Waals surface area contributed by atoms with Crippen LogP contribution in [-0.4, -0.2) is 39.1 Å². The molecule has 31 heavy (non-hydrogen) atoms. The highest BCUT2D eigenvalue weighted by molar-refractivity contribution is 5.91. The van der Waals surface area contributed by atoms with E-state index in [0.717, 1.165) is 16.5 Å². The maximum absolute atomic E-state index is 13.2. The Labute approximate surface area is 175 Å². The Hall–Kier alpha value is -3.43. The molecule has 3 aliphatic heterocycles. The van der Waals surface area contributed by atoms with E-state index >= 15 is 0 Å². The summed E-state index contributed by atoms with van der Waals surface area (Å²) in [5.74, 6) is 0.478. The predicted octanol–water partition coefficient (Wildman–Crippen LogP) is 1.17. The summed E-state index contributed by atoms with van der Waals surface area (Å²) in [4.78, 5) is 29.8. The van der Waals surface area contributed by atoms with Crippen molar-refractivity contribution in [1.29, 1.82) is 0 Å². The zero-order chi connectivity index (χ0) is 21.3. The van der Waals surface area contributed by atoms with Gasteiger partial charge >= 0.3 is 5.97 Å². The molecule has 3 aromatic rings. The Balaban J connectivity index is 1.62. The molecule has 0 unspecified atom stereocenters. The average Bonchev–Trinajstić information content (AvgIpc) is 3.37. The lowest BCUT2D eigenvalue weighted by Crippen LogP contribution is -2.32. The predicted molar refractivity (Wildman–Crippen MR) is 107 cm³/mol. The van der Waals surface area contributed by atoms with Crippen LogP contribution in [0.1, 0.15) is 34.8 Å². The van der Waals surface area contributed by atoms with Gasteiger partial charge < -0.3 is 29.0 Å². The lowest BCUT2D eigenvalue weighted by atomic mass is 9.96. The number of carbonyl (C=O) groups is 1. The highest BCUT2D eigenvalue weighted by Crippen LogP contribution is 2.42. The second-order valence-electron chi connectivity index (χ2n) is 7.83. The van der Waals surface area contributed by atoms with E-state index in [1.807, 2.05) is 12.1 Å². The van der Waals surface area contributed by atoms with Gasteiger partial charge in [0, 0.05) is 29.2 Å². The molecule has 1 aromatic carbocycles. The van der Waals surface area contributed by atoms with Gasteiger partial charge in [-0.05, 0) is 30.5 Å². The number of hydrogen-bond donors (Lipinski definition) is 2. The number of benzene rings is 1. The second kappa shape index (κ2) is 6.53. The summed E-state index contributed by atoms with van der Waals surface area (Å²) in [6.07, 6.45) is -0.331. The SMILES string of the molecule is O=C1OCc2c(cc3n(c2=O)Cc2c-3nc3cc4c(cc3c2CCCO)OCO4)[C@@H]1O. The molecule has 3 aliphatic rings. The van der Waals surface area contributed by atoms with E-state index in [0.29, 0.717) is 47.8 Å². The first-order valence-electron chi connectivity index (χ1n) is 10.0. The van der Waals surface area contributed by atoms with Crippen molar-refractivity contribution in [3.63, 3.8) is 0 Å². The Morgan fingerprint density at radius 1 is 1.10 bits per heavy atom. The van der Waals surface area contributed by atoms with Gasteiger partial charge in [0.2, 0.25) is 6.79 Å². The van der Waals surface area contributed by atoms with Gasteiger partial charge in [-0.25, -0.2) is 9.78 Å². The molecule has 0 amide bonds. The van der Waals surface area contributed by atoms with Crippen LogP contribution in [0.25, 0.3) is 22.3 Å². The summed E-state index contributed by atoms with van der Waals surface area (Å²) in [6, 6.07) is 5.37. The topological polar surface area (TPSA) is 120 Å². The fraction of sp³-hybridized carbons (Fsp3) is 0.318. The van der Waals surface area contributed by atoms with Crippen molar-refractivity contribution in [3.05, 3.63) is 50.8 Å². The Kier molecular flexibility index (Phi) is 3.87. The first-order chi connectivity index (χ1) is 15.1. The molecule has 0 saturated heterocycles. The summed E-state index contributed by atoms with van der Waals surface area (Å²) in [6.45, 7) is 0.347. The summed E-state index contributed by atoms with van der Waals surface area (Å²) < 4.78 is 17.6. The lowest BCUT2D eigenvalue weighted by Gasteiger charge is -2.21. The first kappa shape index (κ1) is 18.3. The van der Waals surface area contributed by atoms with Gasteiger partial charge in [0.1, 0.15) is 6.61 Å². The van der Waals surface area contributed by atoms with Crippen molar-refractivity contribution in [1.82, 2.24) is 9.55 Å². The number of ether oxygens (including phenoxy) is 3. The molecule has 0 bridgehead atoms. The fourth-order valence-electron chi connectivity index (χ4n) is 4.64. The van der Waals surface area contributed by atoms with Crippen LogP contribution >= 0.6 is 0 Å². The molecule has 9 nitrogen and oxygen atoms in total. The molecule has 2 aromatic heterocycles. The third-order valence-electron chi connectivity index (χ3n) is 6.15. The van der Waals surface area contributed by atoms with Crippen LogP contribution in [0.5, 0.6) is 11.5 Å². The number of rotatable bonds is 3. The van der Waals surface area contributed by atoms with Crippen molar-refractivity contribution in [2.75, 3.05) is 13.4 Å². The summed E-state index contributed by atoms with van der Waals surface area (Å²) in [5, 5.41) is 20.6. The van der Waals surface area contributed by atoms with Crippen molar-refractivity contribution < 1.29 is 29.2 Å². The number of aliphatic hydroxyl groups is 2. The van der Waals surface area contributed by atoms with Gasteiger partial charge in [0.15, 0.2) is 17.6 Å². The molecule has 9 heteroatoms. The van der Waals surface area contributed by atoms with Crippen LogP contribution in [0.4, 0.5) is 0 Å². The molecule has 1 atom stereocenters. The van der Waals surface area contributed by atoms with Crippen molar-refractivity contribution >= 4 is 16.9 Å². The van der Waals surface area contributed by atoms with Gasteiger partial charge in [0.25, 0.3) is 5.56 Å². The summed E-state index contributed by atoms with van der Waals surface area (Å²) in [5.41, 5.74) is 4.00. The molecule has 0 spiro atoms. The highest BCUT2D eigenvalue weighted by atomic mass is 16.7. The highest BCUT2D eigenvalue weighted by Gasteiger charge is 2.34. The van der Waals surface area contributed by atoms with Crippen molar-refractivity contribution in [2.45, 2.75) is 32.1 Å². The van der Waals surface area contributed by atoms with Gasteiger partial charge in [-0.1, -0.05) is 0 Å². The second-order valence-corrected chi connectivity index (χ2v) is 7.83. The standard InChI is InChI=1S/C22H18N2O7/c25-3-1-2-10-11-5-17-18(31-9-30-17)6-15(11)23-19-13(10)7-24-16(19)4-12-14(21(24)27)8-29-22(28)20(12)26/h4-6,20,25-26H,1-3,7-9H2/t20-/m0/s1. The maximum atomic E-state index is 13.2. The van der Waals surface area contributed by atoms with E-state index in [-0.39, 0.29) is 36.7 Å². The average molecular weight is 422 g/mol. The largest absolute Gasteiger partial charge is 0.458 e. The number of hydrogen-bond acceptors (Lipinski definition) is 8. The van der Waals surface area contributed by atoms with Crippen LogP contribution in [0.15, 0.2) is 23.0 Å². The summed E-state index contributed by atoms with van der Waals surface area (Å²) >= 11 is 0. The fourth-order valence-corrected chi connectivity index (χ4v) is 4.64. The minimum atomic E-state index is -1.49. The Morgan fingerprint density at radius 3 is 2.71 bits per heavy atom. The van der Waals surface area contributed by atoms with Crippen LogP contribution < -0.4 is 15.0 Å². The quantitative estimate of drug-likeness (QED) is 0.472. The number of carbonyl (C=O) groups excluding carboxylic acids is 1. The number of aliphatic hydroxyl groups excluding tert-OH is 2. The van der Waals surface area contributed by atoms with E-state index < -0.39 is 12.1 Å². The van der Waals surface area contributed by atoms with E-state index in [1.54, 1.807) is 10.6 Å². The number of aromatic nitrogens is 2. The normalized spacial score (nSPS) is 18.0. The zero-order valence-corrected chi connectivity index (χ0v) is 16.4. The van der Waals surface area contributed by atoms with Crippen molar-refractivity contribution in [2.24, 2.45) is 0 Å². The number of cyclic esters (lactones) is 1. The van der Waals surface area contributed by atoms with Gasteiger partial charge in [-0.2, -0.15) is 0 Å². The number of pyridine rings is 2. The third-order valence-corrected chi connectivity index (χ3v) is 6.15. The molecule has 5 heterocycles. The minimum absolute atomic E-state index is 0.0377. The molecule has 2 N–H and O–H groups in total. The molecule has 0 radical (unpaired) electrons. The van der Waals surface area contributed by atoms with E-state index in [1.165, 1.54) is 0 Å². The molecule has 6 rings (SSSR count). The van der Waals surface area contributed by atoms with Crippen molar-refractivity contribution in [3.8, 4) is 22.9 Å². The maximum Gasteiger partial charge on any atom is 0.340 e. The van der Waals surface area contributed by atoms with E-state index in [9.17, 15) is 19.8 Å². The minimum Gasteiger partial charge on any atom is -0.458 e. The number of fused-ring (bicyclic) bond motifs is 6. The first-order valence-corrected chi connectivity index (χ1v) is 10.0. The zero-order valence-electron chi connectivity index (χ0n) is 16.4. The van der Waals surface area contributed by atoms with Crippen LogP contribution in [0.2, 0.25) is 0 Å². The van der Waals surface area contributed by atoms with Gasteiger partial charge in [-0.3, -0.25) is 4.79 Å². The van der Waals surface area contributed by atoms with Crippen LogP contribution in [0, 0.1) is 0 Å². The number of nitrogens with zero attached hydrogens (tertiary/aromatic N) is 2. The van der Waals surface area contributed by atoms with E-state index in [4.69, 9.17) is 19.2 Å². The molecule has 0 fully saturated rings. The summed E-state index contributed by atoms with van der Waals surface area (Å²) in [7, 11) is 0. The van der Waals surface area contributed by atoms with Gasteiger partial charge in [0.05, 0.1) is 29.0 Å². The lowest BCUT2D eigenvalue weighted by molar-refractivity contribution is -0.157. The Bertz CT molecular complexity index is 1340. The molecule has 0 saturated carbocycles.